The number of nitrogens with zero attached hydrogens (tertiary/aromatic N) is 1. The Hall–Kier alpha value is -1.60. The molecule has 1 aromatic heterocycles. The zero-order valence-electron chi connectivity index (χ0n) is 15.0. The molecule has 0 aliphatic carbocycles. The van der Waals surface area contributed by atoms with Crippen LogP contribution in [0.4, 0.5) is 0 Å². The third-order valence-electron chi connectivity index (χ3n) is 4.73. The molecule has 6 heteroatoms. The summed E-state index contributed by atoms with van der Waals surface area (Å²) in [5.74, 6) is 0. The molecule has 0 bridgehead atoms. The summed E-state index contributed by atoms with van der Waals surface area (Å²) < 4.78 is 29.5. The Morgan fingerprint density at radius 3 is 2.59 bits per heavy atom. The highest BCUT2D eigenvalue weighted by Gasteiger charge is 2.36. The van der Waals surface area contributed by atoms with Gasteiger partial charge in [0.25, 0.3) is 0 Å². The maximum Gasteiger partial charge on any atom is 0.243 e. The van der Waals surface area contributed by atoms with Gasteiger partial charge >= 0.3 is 0 Å². The largest absolute Gasteiger partial charge is 0.243 e. The molecule has 2 aromatic carbocycles. The average Bonchev–Trinajstić information content (AvgIpc) is 3.32. The fraction of sp³-hybridized carbons (Fsp3) is 0.238. The van der Waals surface area contributed by atoms with Gasteiger partial charge in [0.15, 0.2) is 0 Å². The van der Waals surface area contributed by atoms with Gasteiger partial charge in [-0.3, -0.25) is 0 Å². The van der Waals surface area contributed by atoms with Gasteiger partial charge in [-0.2, -0.15) is 4.31 Å². The molecule has 140 valence electrons. The summed E-state index contributed by atoms with van der Waals surface area (Å²) in [6, 6.07) is 21.3. The molecule has 0 N–H and O–H groups in total. The Balaban J connectivity index is 1.62. The van der Waals surface area contributed by atoms with Crippen LogP contribution in [0, 0.1) is 6.92 Å². The van der Waals surface area contributed by atoms with Gasteiger partial charge in [0.2, 0.25) is 10.0 Å². The topological polar surface area (TPSA) is 37.4 Å². The molecule has 3 aromatic rings. The monoisotopic (exact) mass is 415 g/mol. The Morgan fingerprint density at radius 1 is 1.04 bits per heavy atom. The molecular formula is C21H21NO2S3. The van der Waals surface area contributed by atoms with Crippen LogP contribution < -0.4 is 0 Å². The van der Waals surface area contributed by atoms with Crippen LogP contribution in [0.1, 0.15) is 29.3 Å². The molecule has 0 spiro atoms. The Morgan fingerprint density at radius 2 is 1.85 bits per heavy atom. The van der Waals surface area contributed by atoms with Crippen molar-refractivity contribution in [2.75, 3.05) is 6.54 Å². The highest BCUT2D eigenvalue weighted by molar-refractivity contribution is 8.01. The quantitative estimate of drug-likeness (QED) is 0.534. The van der Waals surface area contributed by atoms with E-state index in [2.05, 4.69) is 19.1 Å². The number of thiophene rings is 1. The standard InChI is InChI=1S/C21H21NO2S3/c1-16-12-13-21(25-16)26-18-9-5-10-19(15-18)27(23,24)22-14-6-11-20(22)17-7-3-2-4-8-17/h2-5,7-10,12-13,15,20H,6,11,14H2,1H3. The zero-order valence-corrected chi connectivity index (χ0v) is 17.5. The molecule has 2 heterocycles. The van der Waals surface area contributed by atoms with Crippen molar-refractivity contribution in [3.63, 3.8) is 0 Å². The molecule has 3 nitrogen and oxygen atoms in total. The van der Waals surface area contributed by atoms with E-state index in [1.165, 1.54) is 9.09 Å². The van der Waals surface area contributed by atoms with E-state index in [-0.39, 0.29) is 6.04 Å². The summed E-state index contributed by atoms with van der Waals surface area (Å²) in [7, 11) is -3.52. The van der Waals surface area contributed by atoms with Crippen molar-refractivity contribution in [2.24, 2.45) is 0 Å². The van der Waals surface area contributed by atoms with Crippen molar-refractivity contribution in [2.45, 2.75) is 39.8 Å². The Bertz CT molecular complexity index is 1030. The number of hydrogen-bond donors (Lipinski definition) is 0. The molecule has 1 fully saturated rings. The van der Waals surface area contributed by atoms with Crippen molar-refractivity contribution >= 4 is 33.1 Å². The van der Waals surface area contributed by atoms with Crippen LogP contribution in [-0.2, 0) is 10.0 Å². The lowest BCUT2D eigenvalue weighted by molar-refractivity contribution is 0.396. The van der Waals surface area contributed by atoms with Gasteiger partial charge in [-0.15, -0.1) is 11.3 Å². The van der Waals surface area contributed by atoms with Crippen molar-refractivity contribution in [3.8, 4) is 0 Å². The Labute approximate surface area is 169 Å². The normalized spacial score (nSPS) is 18.0. The van der Waals surface area contributed by atoms with Crippen LogP contribution in [0.2, 0.25) is 0 Å². The lowest BCUT2D eigenvalue weighted by Gasteiger charge is -2.24. The summed E-state index contributed by atoms with van der Waals surface area (Å²) in [6.45, 7) is 2.65. The molecule has 1 unspecified atom stereocenters. The maximum atomic E-state index is 13.3. The summed E-state index contributed by atoms with van der Waals surface area (Å²) in [5, 5.41) is 0. The first-order valence-corrected chi connectivity index (χ1v) is 12.0. The first-order chi connectivity index (χ1) is 13.0. The van der Waals surface area contributed by atoms with Gasteiger partial charge in [-0.1, -0.05) is 48.2 Å². The second-order valence-corrected chi connectivity index (χ2v) is 11.2. The third kappa shape index (κ3) is 3.99. The summed E-state index contributed by atoms with van der Waals surface area (Å²) in [6.07, 6.45) is 1.76. The van der Waals surface area contributed by atoms with Crippen molar-refractivity contribution in [3.05, 3.63) is 77.2 Å². The van der Waals surface area contributed by atoms with Crippen LogP contribution in [-0.4, -0.2) is 19.3 Å². The molecule has 1 aliphatic rings. The van der Waals surface area contributed by atoms with Gasteiger partial charge in [0.05, 0.1) is 15.1 Å². The predicted molar refractivity (Wildman–Crippen MR) is 112 cm³/mol. The van der Waals surface area contributed by atoms with Crippen LogP contribution in [0.25, 0.3) is 0 Å². The highest BCUT2D eigenvalue weighted by Crippen LogP contribution is 2.38. The molecule has 1 aliphatic heterocycles. The second-order valence-electron chi connectivity index (χ2n) is 6.63. The van der Waals surface area contributed by atoms with Crippen molar-refractivity contribution in [1.29, 1.82) is 0 Å². The lowest BCUT2D eigenvalue weighted by Crippen LogP contribution is -2.30. The first kappa shape index (κ1) is 18.7. The van der Waals surface area contributed by atoms with Gasteiger partial charge < -0.3 is 0 Å². The van der Waals surface area contributed by atoms with Crippen molar-refractivity contribution in [1.82, 2.24) is 4.31 Å². The zero-order chi connectivity index (χ0) is 18.9. The molecule has 1 saturated heterocycles. The summed E-state index contributed by atoms with van der Waals surface area (Å²) >= 11 is 3.34. The highest BCUT2D eigenvalue weighted by atomic mass is 32.2. The van der Waals surface area contributed by atoms with E-state index in [1.54, 1.807) is 39.5 Å². The number of aryl methyl sites for hydroxylation is 1. The second kappa shape index (κ2) is 7.80. The number of sulfonamides is 1. The molecular weight excluding hydrogens is 394 g/mol. The number of hydrogen-bond acceptors (Lipinski definition) is 4. The molecule has 0 radical (unpaired) electrons. The SMILES string of the molecule is Cc1ccc(Sc2cccc(S(=O)(=O)N3CCCC3c3ccccc3)c2)s1. The van der Waals surface area contributed by atoms with E-state index in [0.717, 1.165) is 23.3 Å². The minimum Gasteiger partial charge on any atom is -0.207 e. The third-order valence-corrected chi connectivity index (χ3v) is 8.76. The van der Waals surface area contributed by atoms with E-state index in [4.69, 9.17) is 0 Å². The van der Waals surface area contributed by atoms with Gasteiger partial charge in [0, 0.05) is 16.3 Å². The average molecular weight is 416 g/mol. The minimum absolute atomic E-state index is 0.0764. The number of benzene rings is 2. The van der Waals surface area contributed by atoms with Crippen LogP contribution >= 0.6 is 23.1 Å². The first-order valence-electron chi connectivity index (χ1n) is 8.95. The van der Waals surface area contributed by atoms with Crippen LogP contribution in [0.3, 0.4) is 0 Å². The molecule has 1 atom stereocenters. The van der Waals surface area contributed by atoms with Gasteiger partial charge in [-0.25, -0.2) is 8.42 Å². The summed E-state index contributed by atoms with van der Waals surface area (Å²) in [5.41, 5.74) is 1.07. The van der Waals surface area contributed by atoms with Gasteiger partial charge in [-0.05, 0) is 55.7 Å². The molecule has 4 rings (SSSR count). The molecule has 0 amide bonds. The van der Waals surface area contributed by atoms with E-state index in [0.29, 0.717) is 11.4 Å². The fourth-order valence-electron chi connectivity index (χ4n) is 3.45. The Kier molecular flexibility index (Phi) is 5.41. The predicted octanol–water partition coefficient (Wildman–Crippen LogP) is 5.73. The molecule has 0 saturated carbocycles. The van der Waals surface area contributed by atoms with E-state index in [1.807, 2.05) is 42.5 Å². The van der Waals surface area contributed by atoms with Gasteiger partial charge in [0.1, 0.15) is 0 Å². The molecule has 27 heavy (non-hydrogen) atoms. The number of rotatable bonds is 5. The van der Waals surface area contributed by atoms with Crippen LogP contribution in [0.15, 0.2) is 80.7 Å². The van der Waals surface area contributed by atoms with Crippen LogP contribution in [0.5, 0.6) is 0 Å². The van der Waals surface area contributed by atoms with E-state index >= 15 is 0 Å². The van der Waals surface area contributed by atoms with Crippen molar-refractivity contribution < 1.29 is 8.42 Å². The van der Waals surface area contributed by atoms with E-state index in [9.17, 15) is 8.42 Å². The fourth-order valence-corrected chi connectivity index (χ4v) is 7.40. The van der Waals surface area contributed by atoms with E-state index < -0.39 is 10.0 Å². The smallest absolute Gasteiger partial charge is 0.207 e. The lowest BCUT2D eigenvalue weighted by atomic mass is 10.1. The minimum atomic E-state index is -3.52. The summed E-state index contributed by atoms with van der Waals surface area (Å²) in [4.78, 5) is 2.58. The maximum absolute atomic E-state index is 13.3.